The number of amidine groups is 1. The van der Waals surface area contributed by atoms with Gasteiger partial charge in [0.15, 0.2) is 0 Å². The Morgan fingerprint density at radius 3 is 2.68 bits per heavy atom. The summed E-state index contributed by atoms with van der Waals surface area (Å²) in [5.41, 5.74) is 7.59. The van der Waals surface area contributed by atoms with Crippen molar-refractivity contribution in [2.75, 3.05) is 31.6 Å². The van der Waals surface area contributed by atoms with Crippen LogP contribution >= 0.6 is 0 Å². The number of rotatable bonds is 2. The van der Waals surface area contributed by atoms with Crippen LogP contribution in [0.25, 0.3) is 0 Å². The third kappa shape index (κ3) is 2.56. The number of nitrogens with zero attached hydrogens (tertiary/aromatic N) is 3. The summed E-state index contributed by atoms with van der Waals surface area (Å²) < 4.78 is 0. The molecule has 0 saturated carbocycles. The van der Waals surface area contributed by atoms with Gasteiger partial charge >= 0.3 is 0 Å². The van der Waals surface area contributed by atoms with Crippen molar-refractivity contribution < 1.29 is 0 Å². The summed E-state index contributed by atoms with van der Waals surface area (Å²) in [5, 5.41) is 7.77. The van der Waals surface area contributed by atoms with Crippen LogP contribution in [0.15, 0.2) is 12.3 Å². The molecule has 5 nitrogen and oxygen atoms in total. The zero-order valence-electron chi connectivity index (χ0n) is 12.2. The summed E-state index contributed by atoms with van der Waals surface area (Å²) >= 11 is 0. The fourth-order valence-electron chi connectivity index (χ4n) is 2.54. The molecule has 2 rings (SSSR count). The lowest BCUT2D eigenvalue weighted by Crippen LogP contribution is -2.58. The summed E-state index contributed by atoms with van der Waals surface area (Å²) in [6, 6.07) is 1.90. The van der Waals surface area contributed by atoms with E-state index in [0.717, 1.165) is 36.6 Å². The van der Waals surface area contributed by atoms with Crippen LogP contribution in [0.5, 0.6) is 0 Å². The molecule has 0 amide bonds. The highest BCUT2D eigenvalue weighted by Crippen LogP contribution is 2.26. The number of nitrogen functional groups attached to an aromatic ring is 1. The van der Waals surface area contributed by atoms with Gasteiger partial charge in [0.25, 0.3) is 0 Å². The van der Waals surface area contributed by atoms with Crippen LogP contribution < -0.4 is 10.6 Å². The molecule has 1 saturated heterocycles. The van der Waals surface area contributed by atoms with Gasteiger partial charge < -0.3 is 10.6 Å². The zero-order chi connectivity index (χ0) is 14.2. The van der Waals surface area contributed by atoms with E-state index in [-0.39, 0.29) is 11.4 Å². The number of piperazine rings is 1. The Hall–Kier alpha value is -1.62. The van der Waals surface area contributed by atoms with Crippen LogP contribution in [-0.4, -0.2) is 47.9 Å². The normalized spacial score (nSPS) is 19.5. The SMILES string of the molecule is Cc1ccnc(N2CCN(C)C(C)(C)C2)c1C(=N)N. The molecule has 0 spiro atoms. The molecular weight excluding hydrogens is 238 g/mol. The fraction of sp³-hybridized carbons (Fsp3) is 0.571. The first-order chi connectivity index (χ1) is 8.83. The highest BCUT2D eigenvalue weighted by molar-refractivity contribution is 6.01. The monoisotopic (exact) mass is 261 g/mol. The Kier molecular flexibility index (Phi) is 3.49. The summed E-state index contributed by atoms with van der Waals surface area (Å²) in [6.45, 7) is 9.21. The molecule has 0 atom stereocenters. The van der Waals surface area contributed by atoms with Gasteiger partial charge in [-0.1, -0.05) is 0 Å². The topological polar surface area (TPSA) is 69.2 Å². The van der Waals surface area contributed by atoms with Crippen molar-refractivity contribution in [2.45, 2.75) is 26.3 Å². The molecule has 1 fully saturated rings. The summed E-state index contributed by atoms with van der Waals surface area (Å²) in [7, 11) is 2.15. The van der Waals surface area contributed by atoms with Crippen LogP contribution in [0.2, 0.25) is 0 Å². The van der Waals surface area contributed by atoms with Crippen LogP contribution in [0.1, 0.15) is 25.0 Å². The van der Waals surface area contributed by atoms with Gasteiger partial charge in [0.2, 0.25) is 0 Å². The van der Waals surface area contributed by atoms with Crippen molar-refractivity contribution in [1.82, 2.24) is 9.88 Å². The average molecular weight is 261 g/mol. The lowest BCUT2D eigenvalue weighted by molar-refractivity contribution is 0.138. The fourth-order valence-corrected chi connectivity index (χ4v) is 2.54. The Labute approximate surface area is 114 Å². The van der Waals surface area contributed by atoms with Crippen molar-refractivity contribution in [1.29, 1.82) is 5.41 Å². The van der Waals surface area contributed by atoms with E-state index in [0.29, 0.717) is 0 Å². The van der Waals surface area contributed by atoms with Crippen molar-refractivity contribution >= 4 is 11.7 Å². The molecule has 1 aliphatic rings. The molecule has 5 heteroatoms. The van der Waals surface area contributed by atoms with Crippen LogP contribution in [0, 0.1) is 12.3 Å². The van der Waals surface area contributed by atoms with Gasteiger partial charge in [-0.2, -0.15) is 0 Å². The van der Waals surface area contributed by atoms with E-state index in [2.05, 4.69) is 35.7 Å². The largest absolute Gasteiger partial charge is 0.384 e. The van der Waals surface area contributed by atoms with Crippen LogP contribution in [0.4, 0.5) is 5.82 Å². The van der Waals surface area contributed by atoms with Gasteiger partial charge in [-0.25, -0.2) is 4.98 Å². The van der Waals surface area contributed by atoms with E-state index in [1.165, 1.54) is 0 Å². The summed E-state index contributed by atoms with van der Waals surface area (Å²) in [6.07, 6.45) is 1.79. The second-order valence-electron chi connectivity index (χ2n) is 5.90. The third-order valence-electron chi connectivity index (χ3n) is 4.02. The maximum Gasteiger partial charge on any atom is 0.139 e. The summed E-state index contributed by atoms with van der Waals surface area (Å²) in [4.78, 5) is 9.06. The van der Waals surface area contributed by atoms with Crippen molar-refractivity contribution in [2.24, 2.45) is 5.73 Å². The van der Waals surface area contributed by atoms with Gasteiger partial charge in [0.05, 0.1) is 5.56 Å². The summed E-state index contributed by atoms with van der Waals surface area (Å²) in [5.74, 6) is 0.936. The molecule has 19 heavy (non-hydrogen) atoms. The van der Waals surface area contributed by atoms with E-state index in [1.54, 1.807) is 6.20 Å². The number of nitrogens with two attached hydrogens (primary N) is 1. The maximum absolute atomic E-state index is 7.77. The molecule has 0 aliphatic carbocycles. The maximum atomic E-state index is 7.77. The molecule has 1 aliphatic heterocycles. The van der Waals surface area contributed by atoms with E-state index in [1.807, 2.05) is 13.0 Å². The average Bonchev–Trinajstić information content (AvgIpc) is 2.31. The molecule has 3 N–H and O–H groups in total. The highest BCUT2D eigenvalue weighted by Gasteiger charge is 2.32. The second kappa shape index (κ2) is 4.81. The quantitative estimate of drug-likeness (QED) is 0.620. The highest BCUT2D eigenvalue weighted by atomic mass is 15.3. The van der Waals surface area contributed by atoms with Gasteiger partial charge in [-0.15, -0.1) is 0 Å². The van der Waals surface area contributed by atoms with Gasteiger partial charge in [-0.3, -0.25) is 10.3 Å². The van der Waals surface area contributed by atoms with E-state index in [4.69, 9.17) is 11.1 Å². The zero-order valence-corrected chi connectivity index (χ0v) is 12.2. The molecule has 0 aromatic carbocycles. The number of hydrogen-bond acceptors (Lipinski definition) is 4. The predicted octanol–water partition coefficient (Wildman–Crippen LogP) is 1.20. The number of likely N-dealkylation sites (N-methyl/N-ethyl adjacent to an activating group) is 1. The molecule has 1 aromatic heterocycles. The minimum atomic E-state index is 0.0948. The number of nitrogens with one attached hydrogen (secondary N) is 1. The van der Waals surface area contributed by atoms with E-state index < -0.39 is 0 Å². The Balaban J connectivity index is 2.38. The number of aryl methyl sites for hydroxylation is 1. The minimum absolute atomic E-state index is 0.0948. The smallest absolute Gasteiger partial charge is 0.139 e. The first-order valence-electron chi connectivity index (χ1n) is 6.59. The standard InChI is InChI=1S/C14H23N5/c1-10-5-6-17-13(11(10)12(15)16)19-8-7-18(4)14(2,3)9-19/h5-6H,7-9H2,1-4H3,(H3,15,16). The number of anilines is 1. The Bertz CT molecular complexity index is 495. The predicted molar refractivity (Wildman–Crippen MR) is 78.9 cm³/mol. The number of hydrogen-bond donors (Lipinski definition) is 2. The molecule has 104 valence electrons. The van der Waals surface area contributed by atoms with Crippen molar-refractivity contribution in [3.8, 4) is 0 Å². The first-order valence-corrected chi connectivity index (χ1v) is 6.59. The van der Waals surface area contributed by atoms with Crippen LogP contribution in [-0.2, 0) is 0 Å². The minimum Gasteiger partial charge on any atom is -0.384 e. The number of pyridine rings is 1. The van der Waals surface area contributed by atoms with Crippen molar-refractivity contribution in [3.63, 3.8) is 0 Å². The molecule has 0 unspecified atom stereocenters. The molecule has 0 bridgehead atoms. The van der Waals surface area contributed by atoms with E-state index in [9.17, 15) is 0 Å². The molecule has 1 aromatic rings. The van der Waals surface area contributed by atoms with Gasteiger partial charge in [0, 0.05) is 31.4 Å². The Morgan fingerprint density at radius 1 is 1.42 bits per heavy atom. The van der Waals surface area contributed by atoms with Crippen molar-refractivity contribution in [3.05, 3.63) is 23.4 Å². The molecule has 0 radical (unpaired) electrons. The van der Waals surface area contributed by atoms with Gasteiger partial charge in [-0.05, 0) is 39.4 Å². The number of aromatic nitrogens is 1. The lowest BCUT2D eigenvalue weighted by Gasteiger charge is -2.46. The molecule has 2 heterocycles. The lowest BCUT2D eigenvalue weighted by atomic mass is 9.99. The Morgan fingerprint density at radius 2 is 2.11 bits per heavy atom. The second-order valence-corrected chi connectivity index (χ2v) is 5.90. The third-order valence-corrected chi connectivity index (χ3v) is 4.02. The van der Waals surface area contributed by atoms with Crippen LogP contribution in [0.3, 0.4) is 0 Å². The molecular formula is C14H23N5. The first kappa shape index (κ1) is 13.8. The van der Waals surface area contributed by atoms with Gasteiger partial charge in [0.1, 0.15) is 11.7 Å². The van der Waals surface area contributed by atoms with E-state index >= 15 is 0 Å².